The van der Waals surface area contributed by atoms with Gasteiger partial charge in [0.15, 0.2) is 0 Å². The van der Waals surface area contributed by atoms with Crippen molar-refractivity contribution in [2.75, 3.05) is 7.05 Å². The van der Waals surface area contributed by atoms with Gasteiger partial charge in [-0.15, -0.1) is 0 Å². The SMILES string of the molecule is CN(Cc1cccc(F)c1)C(=O)c1ccc(=O)n(Cc2ccccc2)n1. The van der Waals surface area contributed by atoms with E-state index in [1.54, 1.807) is 19.2 Å². The molecule has 26 heavy (non-hydrogen) atoms. The second kappa shape index (κ2) is 7.74. The van der Waals surface area contributed by atoms with Crippen LogP contribution >= 0.6 is 0 Å². The third-order valence-electron chi connectivity index (χ3n) is 3.92. The number of nitrogens with zero attached hydrogens (tertiary/aromatic N) is 3. The van der Waals surface area contributed by atoms with E-state index in [9.17, 15) is 14.0 Å². The van der Waals surface area contributed by atoms with Gasteiger partial charge in [-0.25, -0.2) is 9.07 Å². The van der Waals surface area contributed by atoms with E-state index < -0.39 is 0 Å². The molecule has 0 aliphatic heterocycles. The van der Waals surface area contributed by atoms with Gasteiger partial charge in [0.05, 0.1) is 6.54 Å². The molecule has 0 N–H and O–H groups in total. The summed E-state index contributed by atoms with van der Waals surface area (Å²) in [6, 6.07) is 18.2. The van der Waals surface area contributed by atoms with E-state index in [1.165, 1.54) is 33.8 Å². The van der Waals surface area contributed by atoms with Crippen LogP contribution in [-0.2, 0) is 13.1 Å². The number of amides is 1. The predicted octanol–water partition coefficient (Wildman–Crippen LogP) is 2.70. The van der Waals surface area contributed by atoms with E-state index in [1.807, 2.05) is 30.3 Å². The van der Waals surface area contributed by atoms with Crippen molar-refractivity contribution in [2.24, 2.45) is 0 Å². The summed E-state index contributed by atoms with van der Waals surface area (Å²) in [7, 11) is 1.61. The van der Waals surface area contributed by atoms with E-state index in [0.29, 0.717) is 5.56 Å². The number of hydrogen-bond donors (Lipinski definition) is 0. The van der Waals surface area contributed by atoms with Gasteiger partial charge in [0.2, 0.25) is 0 Å². The standard InChI is InChI=1S/C20H18FN3O2/c1-23(13-16-8-5-9-17(21)12-16)20(26)18-10-11-19(25)24(22-18)14-15-6-3-2-4-7-15/h2-12H,13-14H2,1H3. The number of hydrogen-bond acceptors (Lipinski definition) is 3. The fraction of sp³-hybridized carbons (Fsp3) is 0.150. The minimum atomic E-state index is -0.349. The highest BCUT2D eigenvalue weighted by molar-refractivity contribution is 5.91. The van der Waals surface area contributed by atoms with Crippen molar-refractivity contribution in [1.29, 1.82) is 0 Å². The zero-order valence-electron chi connectivity index (χ0n) is 14.3. The zero-order chi connectivity index (χ0) is 18.5. The summed E-state index contributed by atoms with van der Waals surface area (Å²) in [4.78, 5) is 26.1. The average Bonchev–Trinajstić information content (AvgIpc) is 2.64. The summed E-state index contributed by atoms with van der Waals surface area (Å²) in [5.41, 5.74) is 1.48. The van der Waals surface area contributed by atoms with Gasteiger partial charge in [-0.3, -0.25) is 9.59 Å². The second-order valence-corrected chi connectivity index (χ2v) is 5.99. The molecular weight excluding hydrogens is 333 g/mol. The van der Waals surface area contributed by atoms with Gasteiger partial charge in [0.25, 0.3) is 11.5 Å². The minimum absolute atomic E-state index is 0.166. The maximum atomic E-state index is 13.3. The summed E-state index contributed by atoms with van der Waals surface area (Å²) >= 11 is 0. The van der Waals surface area contributed by atoms with Gasteiger partial charge in [0, 0.05) is 19.7 Å². The molecule has 1 aromatic heterocycles. The van der Waals surface area contributed by atoms with Gasteiger partial charge >= 0.3 is 0 Å². The fourth-order valence-corrected chi connectivity index (χ4v) is 2.61. The first-order chi connectivity index (χ1) is 12.5. The number of carbonyl (C=O) groups excluding carboxylic acids is 1. The number of aromatic nitrogens is 2. The Balaban J connectivity index is 1.78. The molecule has 3 aromatic rings. The smallest absolute Gasteiger partial charge is 0.274 e. The molecule has 1 amide bonds. The Bertz CT molecular complexity index is 970. The first kappa shape index (κ1) is 17.5. The van der Waals surface area contributed by atoms with Crippen LogP contribution in [0.3, 0.4) is 0 Å². The van der Waals surface area contributed by atoms with Crippen molar-refractivity contribution in [3.05, 3.63) is 99.7 Å². The van der Waals surface area contributed by atoms with Gasteiger partial charge in [-0.05, 0) is 29.3 Å². The Kier molecular flexibility index (Phi) is 5.22. The van der Waals surface area contributed by atoms with Gasteiger partial charge in [-0.2, -0.15) is 5.10 Å². The van der Waals surface area contributed by atoms with Crippen LogP contribution in [-0.4, -0.2) is 27.6 Å². The van der Waals surface area contributed by atoms with Crippen molar-refractivity contribution in [2.45, 2.75) is 13.1 Å². The molecule has 0 radical (unpaired) electrons. The molecule has 5 nitrogen and oxygen atoms in total. The molecule has 0 aliphatic carbocycles. The predicted molar refractivity (Wildman–Crippen MR) is 96.2 cm³/mol. The molecule has 0 unspecified atom stereocenters. The quantitative estimate of drug-likeness (QED) is 0.710. The fourth-order valence-electron chi connectivity index (χ4n) is 2.61. The van der Waals surface area contributed by atoms with Crippen LogP contribution < -0.4 is 5.56 Å². The lowest BCUT2D eigenvalue weighted by Gasteiger charge is -2.17. The lowest BCUT2D eigenvalue weighted by molar-refractivity contribution is 0.0776. The van der Waals surface area contributed by atoms with Crippen molar-refractivity contribution in [3.63, 3.8) is 0 Å². The highest BCUT2D eigenvalue weighted by Crippen LogP contribution is 2.08. The van der Waals surface area contributed by atoms with Crippen LogP contribution in [0.1, 0.15) is 21.6 Å². The second-order valence-electron chi connectivity index (χ2n) is 5.99. The third-order valence-corrected chi connectivity index (χ3v) is 3.92. The number of carbonyl (C=O) groups is 1. The molecule has 0 fully saturated rings. The van der Waals surface area contributed by atoms with Crippen molar-refractivity contribution < 1.29 is 9.18 Å². The highest BCUT2D eigenvalue weighted by atomic mass is 19.1. The Labute approximate surface area is 150 Å². The number of rotatable bonds is 5. The van der Waals surface area contributed by atoms with Crippen molar-refractivity contribution >= 4 is 5.91 Å². The first-order valence-corrected chi connectivity index (χ1v) is 8.15. The Morgan fingerprint density at radius 3 is 2.50 bits per heavy atom. The minimum Gasteiger partial charge on any atom is -0.336 e. The molecule has 1 heterocycles. The normalized spacial score (nSPS) is 10.5. The molecule has 2 aromatic carbocycles. The van der Waals surface area contributed by atoms with E-state index in [2.05, 4.69) is 5.10 Å². The molecular formula is C20H18FN3O2. The average molecular weight is 351 g/mol. The summed E-state index contributed by atoms with van der Waals surface area (Å²) in [6.45, 7) is 0.532. The summed E-state index contributed by atoms with van der Waals surface area (Å²) in [5, 5.41) is 4.19. The van der Waals surface area contributed by atoms with Gasteiger partial charge in [0.1, 0.15) is 11.5 Å². The molecule has 0 saturated heterocycles. The number of halogens is 1. The Morgan fingerprint density at radius 1 is 1.04 bits per heavy atom. The van der Waals surface area contributed by atoms with Crippen LogP contribution in [0, 0.1) is 5.82 Å². The molecule has 0 saturated carbocycles. The maximum absolute atomic E-state index is 13.3. The van der Waals surface area contributed by atoms with Gasteiger partial charge < -0.3 is 4.90 Å². The van der Waals surface area contributed by atoms with Crippen LogP contribution in [0.4, 0.5) is 4.39 Å². The van der Waals surface area contributed by atoms with E-state index >= 15 is 0 Å². The number of benzene rings is 2. The Hall–Kier alpha value is -3.28. The molecule has 0 bridgehead atoms. The van der Waals surface area contributed by atoms with E-state index in [4.69, 9.17) is 0 Å². The van der Waals surface area contributed by atoms with Crippen LogP contribution in [0.5, 0.6) is 0 Å². The van der Waals surface area contributed by atoms with Crippen molar-refractivity contribution in [1.82, 2.24) is 14.7 Å². The largest absolute Gasteiger partial charge is 0.336 e. The van der Waals surface area contributed by atoms with Crippen LogP contribution in [0.2, 0.25) is 0 Å². The van der Waals surface area contributed by atoms with Crippen LogP contribution in [0.25, 0.3) is 0 Å². The highest BCUT2D eigenvalue weighted by Gasteiger charge is 2.15. The van der Waals surface area contributed by atoms with E-state index in [0.717, 1.165) is 5.56 Å². The topological polar surface area (TPSA) is 55.2 Å². The first-order valence-electron chi connectivity index (χ1n) is 8.15. The summed E-state index contributed by atoms with van der Waals surface area (Å²) < 4.78 is 14.6. The summed E-state index contributed by atoms with van der Waals surface area (Å²) in [6.07, 6.45) is 0. The lowest BCUT2D eigenvalue weighted by Crippen LogP contribution is -2.31. The molecule has 3 rings (SSSR count). The molecule has 132 valence electrons. The Morgan fingerprint density at radius 2 is 1.77 bits per heavy atom. The molecule has 0 spiro atoms. The molecule has 0 atom stereocenters. The maximum Gasteiger partial charge on any atom is 0.274 e. The van der Waals surface area contributed by atoms with Crippen LogP contribution in [0.15, 0.2) is 71.5 Å². The monoisotopic (exact) mass is 351 g/mol. The summed E-state index contributed by atoms with van der Waals surface area (Å²) in [5.74, 6) is -0.686. The molecule has 6 heteroatoms. The molecule has 0 aliphatic rings. The zero-order valence-corrected chi connectivity index (χ0v) is 14.3. The third kappa shape index (κ3) is 4.22. The van der Waals surface area contributed by atoms with E-state index in [-0.39, 0.29) is 36.1 Å². The van der Waals surface area contributed by atoms with Crippen molar-refractivity contribution in [3.8, 4) is 0 Å². The lowest BCUT2D eigenvalue weighted by atomic mass is 10.2. The van der Waals surface area contributed by atoms with Gasteiger partial charge in [-0.1, -0.05) is 42.5 Å².